The standard InChI is InChI=1S/C18H25N2O5/c1-12(22)15(20-17(24)25-18(2,3)4)16(23)19-14(11-21)10-13-8-6-5-7-9-13/h5-9,12,14-15,22H,10H2,1-4H3,(H,19,23)(H,20,24)/t12-,14+,15+/m1/s1. The number of aliphatic hydroxyl groups excluding tert-OH is 1. The van der Waals surface area contributed by atoms with Crippen LogP contribution in [0.4, 0.5) is 4.79 Å². The molecule has 0 fully saturated rings. The Bertz CT molecular complexity index is 581. The summed E-state index contributed by atoms with van der Waals surface area (Å²) in [6.45, 7) is 6.41. The number of nitrogens with one attached hydrogen (secondary N) is 2. The van der Waals surface area contributed by atoms with E-state index >= 15 is 0 Å². The molecular formula is C18H25N2O5. The van der Waals surface area contributed by atoms with Crippen LogP contribution in [0.5, 0.6) is 0 Å². The number of alkyl carbamates (subject to hydrolysis) is 1. The number of aliphatic hydroxyl groups is 1. The van der Waals surface area contributed by atoms with Crippen LogP contribution >= 0.6 is 0 Å². The van der Waals surface area contributed by atoms with Crippen molar-refractivity contribution in [2.24, 2.45) is 0 Å². The van der Waals surface area contributed by atoms with Gasteiger partial charge in [0.05, 0.1) is 12.1 Å². The van der Waals surface area contributed by atoms with Gasteiger partial charge in [-0.25, -0.2) is 4.79 Å². The lowest BCUT2D eigenvalue weighted by Crippen LogP contribution is -2.55. The number of hydrogen-bond acceptors (Lipinski definition) is 5. The topological polar surface area (TPSA) is 105 Å². The molecule has 7 heteroatoms. The first-order chi connectivity index (χ1) is 11.6. The molecule has 1 aromatic carbocycles. The Morgan fingerprint density at radius 1 is 1.20 bits per heavy atom. The maximum absolute atomic E-state index is 12.3. The Kier molecular flexibility index (Phi) is 7.57. The van der Waals surface area contributed by atoms with Gasteiger partial charge >= 0.3 is 6.09 Å². The van der Waals surface area contributed by atoms with Crippen molar-refractivity contribution in [2.45, 2.75) is 57.9 Å². The molecule has 0 aliphatic carbocycles. The van der Waals surface area contributed by atoms with Gasteiger partial charge < -0.3 is 20.5 Å². The largest absolute Gasteiger partial charge is 0.444 e. The van der Waals surface area contributed by atoms with Crippen LogP contribution in [0.3, 0.4) is 0 Å². The minimum atomic E-state index is -1.25. The van der Waals surface area contributed by atoms with Crippen molar-refractivity contribution in [3.05, 3.63) is 35.9 Å². The maximum Gasteiger partial charge on any atom is 0.408 e. The van der Waals surface area contributed by atoms with Gasteiger partial charge in [-0.05, 0) is 33.3 Å². The van der Waals surface area contributed by atoms with Crippen molar-refractivity contribution in [3.8, 4) is 0 Å². The maximum atomic E-state index is 12.3. The average Bonchev–Trinajstić information content (AvgIpc) is 2.50. The molecule has 0 aliphatic heterocycles. The first kappa shape index (κ1) is 20.6. The van der Waals surface area contributed by atoms with E-state index in [9.17, 15) is 19.5 Å². The van der Waals surface area contributed by atoms with Gasteiger partial charge in [0.15, 0.2) is 0 Å². The van der Waals surface area contributed by atoms with E-state index in [1.165, 1.54) is 6.92 Å². The van der Waals surface area contributed by atoms with Crippen LogP contribution in [0.1, 0.15) is 33.3 Å². The molecule has 3 N–H and O–H groups in total. The highest BCUT2D eigenvalue weighted by Gasteiger charge is 2.29. The molecule has 0 saturated carbocycles. The molecule has 137 valence electrons. The summed E-state index contributed by atoms with van der Waals surface area (Å²) in [4.78, 5) is 35.3. The molecule has 0 aliphatic rings. The fourth-order valence-corrected chi connectivity index (χ4v) is 2.07. The van der Waals surface area contributed by atoms with Gasteiger partial charge in [0.2, 0.25) is 12.2 Å². The smallest absolute Gasteiger partial charge is 0.408 e. The minimum absolute atomic E-state index is 0.259. The van der Waals surface area contributed by atoms with Gasteiger partial charge in [0.25, 0.3) is 0 Å². The zero-order valence-corrected chi connectivity index (χ0v) is 14.9. The second kappa shape index (κ2) is 9.17. The van der Waals surface area contributed by atoms with Crippen molar-refractivity contribution in [2.75, 3.05) is 0 Å². The van der Waals surface area contributed by atoms with Crippen LogP contribution in [0.2, 0.25) is 0 Å². The van der Waals surface area contributed by atoms with Crippen LogP contribution in [-0.4, -0.2) is 47.2 Å². The molecule has 25 heavy (non-hydrogen) atoms. The molecule has 3 atom stereocenters. The van der Waals surface area contributed by atoms with Gasteiger partial charge in [-0.3, -0.25) is 9.59 Å². The number of hydrogen-bond donors (Lipinski definition) is 3. The predicted octanol–water partition coefficient (Wildman–Crippen LogP) is 1.10. The van der Waals surface area contributed by atoms with E-state index in [1.54, 1.807) is 27.1 Å². The van der Waals surface area contributed by atoms with Crippen molar-refractivity contribution in [1.82, 2.24) is 10.6 Å². The van der Waals surface area contributed by atoms with E-state index in [4.69, 9.17) is 4.74 Å². The molecule has 1 aromatic rings. The van der Waals surface area contributed by atoms with E-state index in [2.05, 4.69) is 10.6 Å². The summed E-state index contributed by atoms with van der Waals surface area (Å²) >= 11 is 0. The summed E-state index contributed by atoms with van der Waals surface area (Å²) in [7, 11) is 0. The lowest BCUT2D eigenvalue weighted by Gasteiger charge is -2.25. The fourth-order valence-electron chi connectivity index (χ4n) is 2.07. The number of rotatable bonds is 7. The molecule has 1 rings (SSSR count). The molecule has 0 aromatic heterocycles. The molecule has 1 radical (unpaired) electrons. The Morgan fingerprint density at radius 2 is 1.80 bits per heavy atom. The number of amides is 2. The highest BCUT2D eigenvalue weighted by Crippen LogP contribution is 2.08. The summed E-state index contributed by atoms with van der Waals surface area (Å²) in [5.41, 5.74) is 0.112. The molecule has 0 spiro atoms. The highest BCUT2D eigenvalue weighted by atomic mass is 16.6. The third kappa shape index (κ3) is 7.80. The zero-order valence-electron chi connectivity index (χ0n) is 14.9. The van der Waals surface area contributed by atoms with E-state index in [0.717, 1.165) is 5.56 Å². The summed E-state index contributed by atoms with van der Waals surface area (Å²) in [5.74, 6) is -0.690. The van der Waals surface area contributed by atoms with Crippen molar-refractivity contribution < 1.29 is 24.2 Å². The molecule has 7 nitrogen and oxygen atoms in total. The molecule has 0 bridgehead atoms. The third-order valence-electron chi connectivity index (χ3n) is 3.18. The quantitative estimate of drug-likeness (QED) is 0.684. The normalized spacial score (nSPS) is 14.8. The predicted molar refractivity (Wildman–Crippen MR) is 92.6 cm³/mol. The summed E-state index contributed by atoms with van der Waals surface area (Å²) in [6, 6.07) is 6.99. The fraction of sp³-hybridized carbons (Fsp3) is 0.500. The minimum Gasteiger partial charge on any atom is -0.444 e. The summed E-state index contributed by atoms with van der Waals surface area (Å²) < 4.78 is 5.08. The van der Waals surface area contributed by atoms with Crippen LogP contribution in [0.25, 0.3) is 0 Å². The zero-order chi connectivity index (χ0) is 19.0. The molecule has 0 heterocycles. The van der Waals surface area contributed by atoms with Crippen LogP contribution in [0, 0.1) is 0 Å². The first-order valence-corrected chi connectivity index (χ1v) is 8.02. The third-order valence-corrected chi connectivity index (χ3v) is 3.18. The Hall–Kier alpha value is -2.41. The van der Waals surface area contributed by atoms with Crippen LogP contribution in [-0.2, 0) is 20.7 Å². The summed E-state index contributed by atoms with van der Waals surface area (Å²) in [6.07, 6.45) is 0.0181. The van der Waals surface area contributed by atoms with E-state index in [1.807, 2.05) is 30.3 Å². The van der Waals surface area contributed by atoms with E-state index < -0.39 is 35.8 Å². The number of carbonyl (C=O) groups excluding carboxylic acids is 3. The Labute approximate surface area is 147 Å². The highest BCUT2D eigenvalue weighted by molar-refractivity contribution is 5.88. The molecule has 0 saturated heterocycles. The summed E-state index contributed by atoms with van der Waals surface area (Å²) in [5, 5.41) is 14.6. The van der Waals surface area contributed by atoms with E-state index in [-0.39, 0.29) is 6.42 Å². The Balaban J connectivity index is 2.71. The molecule has 2 amide bonds. The molecule has 0 unspecified atom stereocenters. The SMILES string of the molecule is C[C@@H](O)[C@H](NC(=O)OC(C)(C)C)C(=O)N[C@H]([C]=O)Cc1ccccc1. The Morgan fingerprint density at radius 3 is 2.28 bits per heavy atom. The van der Waals surface area contributed by atoms with Crippen molar-refractivity contribution in [1.29, 1.82) is 0 Å². The van der Waals surface area contributed by atoms with Crippen LogP contribution < -0.4 is 10.6 Å². The molecular weight excluding hydrogens is 324 g/mol. The van der Waals surface area contributed by atoms with Gasteiger partial charge in [-0.1, -0.05) is 30.3 Å². The van der Waals surface area contributed by atoms with E-state index in [0.29, 0.717) is 0 Å². The van der Waals surface area contributed by atoms with Gasteiger partial charge in [0, 0.05) is 6.42 Å². The first-order valence-electron chi connectivity index (χ1n) is 8.02. The van der Waals surface area contributed by atoms with Gasteiger partial charge in [-0.2, -0.15) is 0 Å². The lowest BCUT2D eigenvalue weighted by molar-refractivity contribution is -0.125. The average molecular weight is 349 g/mol. The number of benzene rings is 1. The lowest BCUT2D eigenvalue weighted by atomic mass is 10.1. The second-order valence-corrected chi connectivity index (χ2v) is 6.73. The number of ether oxygens (including phenoxy) is 1. The van der Waals surface area contributed by atoms with Crippen molar-refractivity contribution >= 4 is 18.3 Å². The van der Waals surface area contributed by atoms with Crippen molar-refractivity contribution in [3.63, 3.8) is 0 Å². The van der Waals surface area contributed by atoms with Gasteiger partial charge in [0.1, 0.15) is 11.6 Å². The second-order valence-electron chi connectivity index (χ2n) is 6.73. The monoisotopic (exact) mass is 349 g/mol. The number of carbonyl (C=O) groups is 2. The van der Waals surface area contributed by atoms with Gasteiger partial charge in [-0.15, -0.1) is 0 Å². The van der Waals surface area contributed by atoms with Crippen LogP contribution in [0.15, 0.2) is 30.3 Å².